The SMILES string of the molecule is CC(C)CN(C(C)C(O)CCc1ccccc1)S(=O)(=O)c1ccc([N+](=O)[O-])cc1. The number of benzene rings is 2. The Hall–Kier alpha value is -2.29. The normalized spacial score (nSPS) is 14.1. The van der Waals surface area contributed by atoms with Gasteiger partial charge in [0.15, 0.2) is 0 Å². The minimum absolute atomic E-state index is 0.0224. The van der Waals surface area contributed by atoms with Crippen LogP contribution in [0.25, 0.3) is 0 Å². The molecule has 1 N–H and O–H groups in total. The van der Waals surface area contributed by atoms with Crippen LogP contribution in [0.4, 0.5) is 5.69 Å². The third-order valence-corrected chi connectivity index (χ3v) is 6.75. The molecule has 0 amide bonds. The van der Waals surface area contributed by atoms with E-state index in [0.717, 1.165) is 5.56 Å². The molecule has 2 rings (SSSR count). The van der Waals surface area contributed by atoms with Crippen LogP contribution in [0.1, 0.15) is 32.8 Å². The molecule has 0 heterocycles. The molecule has 2 aromatic carbocycles. The molecule has 8 heteroatoms. The van der Waals surface area contributed by atoms with Crippen LogP contribution in [0.3, 0.4) is 0 Å². The summed E-state index contributed by atoms with van der Waals surface area (Å²) in [6.07, 6.45) is 0.219. The van der Waals surface area contributed by atoms with E-state index in [1.807, 2.05) is 44.2 Å². The van der Waals surface area contributed by atoms with Crippen molar-refractivity contribution in [2.24, 2.45) is 5.92 Å². The van der Waals surface area contributed by atoms with Gasteiger partial charge < -0.3 is 5.11 Å². The first-order valence-corrected chi connectivity index (χ1v) is 11.0. The Bertz CT molecular complexity index is 898. The summed E-state index contributed by atoms with van der Waals surface area (Å²) in [6.45, 7) is 5.74. The van der Waals surface area contributed by atoms with Gasteiger partial charge in [0.1, 0.15) is 0 Å². The Morgan fingerprint density at radius 3 is 2.14 bits per heavy atom. The van der Waals surface area contributed by atoms with Crippen LogP contribution in [0, 0.1) is 16.0 Å². The summed E-state index contributed by atoms with van der Waals surface area (Å²) >= 11 is 0. The van der Waals surface area contributed by atoms with E-state index in [1.54, 1.807) is 6.92 Å². The number of aryl methyl sites for hydroxylation is 1. The maximum atomic E-state index is 13.2. The monoisotopic (exact) mass is 420 g/mol. The maximum Gasteiger partial charge on any atom is 0.269 e. The third-order valence-electron chi connectivity index (χ3n) is 4.78. The summed E-state index contributed by atoms with van der Waals surface area (Å²) in [5.74, 6) is 0.0478. The van der Waals surface area contributed by atoms with E-state index in [-0.39, 0.29) is 23.0 Å². The summed E-state index contributed by atoms with van der Waals surface area (Å²) in [5, 5.41) is 21.5. The molecule has 2 aromatic rings. The average molecular weight is 421 g/mol. The molecular weight excluding hydrogens is 392 g/mol. The lowest BCUT2D eigenvalue weighted by atomic mass is 10.0. The fraction of sp³-hybridized carbons (Fsp3) is 0.429. The van der Waals surface area contributed by atoms with Gasteiger partial charge in [0.2, 0.25) is 10.0 Å². The van der Waals surface area contributed by atoms with Crippen LogP contribution in [0.5, 0.6) is 0 Å². The van der Waals surface area contributed by atoms with Crippen molar-refractivity contribution in [2.45, 2.75) is 50.7 Å². The first-order chi connectivity index (χ1) is 13.6. The lowest BCUT2D eigenvalue weighted by molar-refractivity contribution is -0.384. The standard InChI is InChI=1S/C21H28N2O5S/c1-16(2)15-22(17(3)21(24)14-9-18-7-5-4-6-8-18)29(27,28)20-12-10-19(11-13-20)23(25)26/h4-8,10-13,16-17,21,24H,9,14-15H2,1-3H3. The Morgan fingerprint density at radius 2 is 1.62 bits per heavy atom. The summed E-state index contributed by atoms with van der Waals surface area (Å²) in [5.41, 5.74) is 0.905. The molecular formula is C21H28N2O5S. The van der Waals surface area contributed by atoms with Crippen molar-refractivity contribution in [3.05, 3.63) is 70.3 Å². The lowest BCUT2D eigenvalue weighted by Gasteiger charge is -2.32. The highest BCUT2D eigenvalue weighted by Crippen LogP contribution is 2.24. The molecule has 29 heavy (non-hydrogen) atoms. The molecule has 0 aliphatic carbocycles. The highest BCUT2D eigenvalue weighted by molar-refractivity contribution is 7.89. The number of sulfonamides is 1. The smallest absolute Gasteiger partial charge is 0.269 e. The van der Waals surface area contributed by atoms with Gasteiger partial charge in [0.05, 0.1) is 15.9 Å². The highest BCUT2D eigenvalue weighted by Gasteiger charge is 2.33. The van der Waals surface area contributed by atoms with Gasteiger partial charge in [-0.3, -0.25) is 10.1 Å². The van der Waals surface area contributed by atoms with Crippen molar-refractivity contribution < 1.29 is 18.4 Å². The number of hydrogen-bond donors (Lipinski definition) is 1. The van der Waals surface area contributed by atoms with Gasteiger partial charge >= 0.3 is 0 Å². The van der Waals surface area contributed by atoms with Gasteiger partial charge in [-0.05, 0) is 43.4 Å². The Balaban J connectivity index is 2.22. The van der Waals surface area contributed by atoms with Gasteiger partial charge in [0.25, 0.3) is 5.69 Å². The molecule has 2 atom stereocenters. The zero-order valence-corrected chi connectivity index (χ0v) is 17.7. The second-order valence-electron chi connectivity index (χ2n) is 7.55. The minimum Gasteiger partial charge on any atom is -0.391 e. The van der Waals surface area contributed by atoms with E-state index < -0.39 is 27.1 Å². The quantitative estimate of drug-likeness (QED) is 0.467. The van der Waals surface area contributed by atoms with Crippen molar-refractivity contribution in [3.8, 4) is 0 Å². The minimum atomic E-state index is -3.92. The van der Waals surface area contributed by atoms with Gasteiger partial charge in [-0.2, -0.15) is 4.31 Å². The van der Waals surface area contributed by atoms with Crippen molar-refractivity contribution in [3.63, 3.8) is 0 Å². The fourth-order valence-electron chi connectivity index (χ4n) is 3.11. The zero-order chi connectivity index (χ0) is 21.6. The zero-order valence-electron chi connectivity index (χ0n) is 16.9. The number of aliphatic hydroxyl groups is 1. The van der Waals surface area contributed by atoms with Crippen LogP contribution in [-0.4, -0.2) is 41.4 Å². The van der Waals surface area contributed by atoms with Crippen LogP contribution in [0.2, 0.25) is 0 Å². The number of nitro benzene ring substituents is 1. The van der Waals surface area contributed by atoms with Crippen LogP contribution >= 0.6 is 0 Å². The largest absolute Gasteiger partial charge is 0.391 e. The molecule has 0 aromatic heterocycles. The topological polar surface area (TPSA) is 101 Å². The lowest BCUT2D eigenvalue weighted by Crippen LogP contribution is -2.47. The number of non-ortho nitro benzene ring substituents is 1. The fourth-order valence-corrected chi connectivity index (χ4v) is 4.93. The van der Waals surface area contributed by atoms with Crippen LogP contribution < -0.4 is 0 Å². The van der Waals surface area contributed by atoms with Gasteiger partial charge in [-0.15, -0.1) is 0 Å². The second-order valence-corrected chi connectivity index (χ2v) is 9.44. The van der Waals surface area contributed by atoms with Gasteiger partial charge in [-0.25, -0.2) is 8.42 Å². The van der Waals surface area contributed by atoms with Crippen molar-refractivity contribution in [1.82, 2.24) is 4.31 Å². The summed E-state index contributed by atoms with van der Waals surface area (Å²) < 4.78 is 27.7. The number of nitrogens with zero attached hydrogens (tertiary/aromatic N) is 2. The molecule has 0 aliphatic rings. The van der Waals surface area contributed by atoms with Crippen LogP contribution in [-0.2, 0) is 16.4 Å². The van der Waals surface area contributed by atoms with E-state index in [2.05, 4.69) is 0 Å². The second kappa shape index (κ2) is 9.96. The number of aliphatic hydroxyl groups excluding tert-OH is 1. The highest BCUT2D eigenvalue weighted by atomic mass is 32.2. The van der Waals surface area contributed by atoms with E-state index in [4.69, 9.17) is 0 Å². The number of nitro groups is 1. The predicted molar refractivity (Wildman–Crippen MR) is 112 cm³/mol. The van der Waals surface area contributed by atoms with E-state index in [0.29, 0.717) is 12.8 Å². The molecule has 0 spiro atoms. The molecule has 0 fully saturated rings. The Labute approximate surface area is 172 Å². The maximum absolute atomic E-state index is 13.2. The molecule has 7 nitrogen and oxygen atoms in total. The van der Waals surface area contributed by atoms with Crippen molar-refractivity contribution in [1.29, 1.82) is 0 Å². The van der Waals surface area contributed by atoms with Crippen molar-refractivity contribution in [2.75, 3.05) is 6.54 Å². The number of rotatable bonds is 10. The molecule has 0 aliphatic heterocycles. The van der Waals surface area contributed by atoms with Crippen LogP contribution in [0.15, 0.2) is 59.5 Å². The first-order valence-electron chi connectivity index (χ1n) is 9.61. The molecule has 0 bridgehead atoms. The molecule has 0 saturated heterocycles. The Morgan fingerprint density at radius 1 is 1.03 bits per heavy atom. The third kappa shape index (κ3) is 6.09. The summed E-state index contributed by atoms with van der Waals surface area (Å²) in [4.78, 5) is 10.2. The number of hydrogen-bond acceptors (Lipinski definition) is 5. The molecule has 0 radical (unpaired) electrons. The van der Waals surface area contributed by atoms with Crippen molar-refractivity contribution >= 4 is 15.7 Å². The summed E-state index contributed by atoms with van der Waals surface area (Å²) in [6, 6.07) is 13.9. The predicted octanol–water partition coefficient (Wildman–Crippen LogP) is 3.62. The molecule has 158 valence electrons. The molecule has 2 unspecified atom stereocenters. The van der Waals surface area contributed by atoms with E-state index in [9.17, 15) is 23.6 Å². The van der Waals surface area contributed by atoms with E-state index >= 15 is 0 Å². The Kier molecular flexibility index (Phi) is 7.89. The van der Waals surface area contributed by atoms with Gasteiger partial charge in [-0.1, -0.05) is 44.2 Å². The summed E-state index contributed by atoms with van der Waals surface area (Å²) in [7, 11) is -3.92. The first kappa shape index (κ1) is 23.0. The molecule has 0 saturated carbocycles. The van der Waals surface area contributed by atoms with E-state index in [1.165, 1.54) is 28.6 Å². The van der Waals surface area contributed by atoms with Gasteiger partial charge in [0, 0.05) is 24.7 Å². The average Bonchev–Trinajstić information content (AvgIpc) is 2.70.